The van der Waals surface area contributed by atoms with Gasteiger partial charge in [-0.15, -0.1) is 0 Å². The van der Waals surface area contributed by atoms with Crippen LogP contribution < -0.4 is 5.32 Å². The second-order valence-electron chi connectivity index (χ2n) is 9.85. The number of carbonyl (C=O) groups excluding carboxylic acids is 2. The number of piperazine rings is 1. The normalized spacial score (nSPS) is 15.9. The molecule has 0 radical (unpaired) electrons. The third-order valence-electron chi connectivity index (χ3n) is 7.00. The SMILES string of the molecule is C[C@H](CC(=O)N[C@@H](C)c1ccccc1)CC(=O)N1CCN(C(c2ccccc2)c2ccccc2)CC1. The Morgan fingerprint density at radius 2 is 1.17 bits per heavy atom. The van der Waals surface area contributed by atoms with Gasteiger partial charge in [-0.1, -0.05) is 97.9 Å². The molecular weight excluding hydrogens is 446 g/mol. The van der Waals surface area contributed by atoms with Gasteiger partial charge in [0, 0.05) is 39.0 Å². The van der Waals surface area contributed by atoms with Crippen molar-refractivity contribution in [2.45, 2.75) is 38.8 Å². The third-order valence-corrected chi connectivity index (χ3v) is 7.00. The Balaban J connectivity index is 1.28. The Morgan fingerprint density at radius 1 is 0.694 bits per heavy atom. The molecule has 188 valence electrons. The van der Waals surface area contributed by atoms with Gasteiger partial charge < -0.3 is 10.2 Å². The minimum atomic E-state index is -0.0446. The predicted octanol–water partition coefficient (Wildman–Crippen LogP) is 5.21. The van der Waals surface area contributed by atoms with Crippen molar-refractivity contribution in [1.29, 1.82) is 0 Å². The number of carbonyl (C=O) groups is 2. The predicted molar refractivity (Wildman–Crippen MR) is 144 cm³/mol. The quantitative estimate of drug-likeness (QED) is 0.454. The summed E-state index contributed by atoms with van der Waals surface area (Å²) >= 11 is 0. The second-order valence-corrected chi connectivity index (χ2v) is 9.85. The molecule has 2 amide bonds. The molecule has 0 spiro atoms. The molecule has 0 saturated carbocycles. The molecule has 1 aliphatic rings. The Hall–Kier alpha value is -3.44. The zero-order valence-corrected chi connectivity index (χ0v) is 21.3. The van der Waals surface area contributed by atoms with Crippen LogP contribution in [0, 0.1) is 5.92 Å². The highest BCUT2D eigenvalue weighted by atomic mass is 16.2. The van der Waals surface area contributed by atoms with E-state index in [9.17, 15) is 9.59 Å². The first-order valence-corrected chi connectivity index (χ1v) is 13.0. The zero-order chi connectivity index (χ0) is 25.3. The molecule has 5 nitrogen and oxygen atoms in total. The highest BCUT2D eigenvalue weighted by Crippen LogP contribution is 2.29. The van der Waals surface area contributed by atoms with Crippen molar-refractivity contribution >= 4 is 11.8 Å². The van der Waals surface area contributed by atoms with Crippen LogP contribution in [0.25, 0.3) is 0 Å². The Morgan fingerprint density at radius 3 is 1.67 bits per heavy atom. The van der Waals surface area contributed by atoms with Crippen LogP contribution in [-0.4, -0.2) is 47.8 Å². The molecule has 0 aromatic heterocycles. The lowest BCUT2D eigenvalue weighted by atomic mass is 9.96. The number of hydrogen-bond donors (Lipinski definition) is 1. The lowest BCUT2D eigenvalue weighted by Gasteiger charge is -2.40. The summed E-state index contributed by atoms with van der Waals surface area (Å²) in [4.78, 5) is 30.0. The number of hydrogen-bond acceptors (Lipinski definition) is 3. The molecule has 3 aromatic rings. The molecule has 0 unspecified atom stereocenters. The standard InChI is InChI=1S/C31H37N3O2/c1-24(22-29(35)32-25(2)26-12-6-3-7-13-26)23-30(36)33-18-20-34(21-19-33)31(27-14-8-4-9-15-27)28-16-10-5-11-17-28/h3-17,24-25,31H,18-23H2,1-2H3,(H,32,35)/t24-,25+/m1/s1. The van der Waals surface area contributed by atoms with E-state index in [0.717, 1.165) is 18.7 Å². The van der Waals surface area contributed by atoms with Crippen LogP contribution in [-0.2, 0) is 9.59 Å². The van der Waals surface area contributed by atoms with Crippen molar-refractivity contribution < 1.29 is 9.59 Å². The van der Waals surface area contributed by atoms with E-state index in [4.69, 9.17) is 0 Å². The summed E-state index contributed by atoms with van der Waals surface area (Å²) in [6, 6.07) is 31.2. The van der Waals surface area contributed by atoms with Crippen LogP contribution in [0.4, 0.5) is 0 Å². The molecule has 5 heteroatoms. The van der Waals surface area contributed by atoms with Crippen molar-refractivity contribution in [3.63, 3.8) is 0 Å². The van der Waals surface area contributed by atoms with E-state index in [2.05, 4.69) is 58.7 Å². The van der Waals surface area contributed by atoms with E-state index in [1.54, 1.807) is 0 Å². The number of benzene rings is 3. The van der Waals surface area contributed by atoms with Crippen molar-refractivity contribution in [2.75, 3.05) is 26.2 Å². The summed E-state index contributed by atoms with van der Waals surface area (Å²) in [5, 5.41) is 3.06. The van der Waals surface area contributed by atoms with Gasteiger partial charge >= 0.3 is 0 Å². The summed E-state index contributed by atoms with van der Waals surface area (Å²) in [7, 11) is 0. The first-order valence-electron chi connectivity index (χ1n) is 13.0. The van der Waals surface area contributed by atoms with E-state index in [1.807, 2.05) is 61.2 Å². The maximum Gasteiger partial charge on any atom is 0.222 e. The van der Waals surface area contributed by atoms with Gasteiger partial charge in [-0.3, -0.25) is 14.5 Å². The molecule has 36 heavy (non-hydrogen) atoms. The zero-order valence-electron chi connectivity index (χ0n) is 21.3. The molecule has 1 aliphatic heterocycles. The van der Waals surface area contributed by atoms with Gasteiger partial charge in [-0.25, -0.2) is 0 Å². The second kappa shape index (κ2) is 12.5. The first-order chi connectivity index (χ1) is 17.5. The summed E-state index contributed by atoms with van der Waals surface area (Å²) < 4.78 is 0. The molecule has 0 aliphatic carbocycles. The van der Waals surface area contributed by atoms with Crippen LogP contribution in [0.2, 0.25) is 0 Å². The minimum Gasteiger partial charge on any atom is -0.350 e. The van der Waals surface area contributed by atoms with E-state index in [0.29, 0.717) is 25.9 Å². The molecule has 1 saturated heterocycles. The van der Waals surface area contributed by atoms with Crippen molar-refractivity contribution in [2.24, 2.45) is 5.92 Å². The Bertz CT molecular complexity index is 1060. The van der Waals surface area contributed by atoms with Gasteiger partial charge in [0.25, 0.3) is 0 Å². The number of nitrogens with one attached hydrogen (secondary N) is 1. The van der Waals surface area contributed by atoms with Crippen molar-refractivity contribution in [3.8, 4) is 0 Å². The molecule has 2 atom stereocenters. The highest BCUT2D eigenvalue weighted by molar-refractivity contribution is 5.79. The van der Waals surface area contributed by atoms with Crippen molar-refractivity contribution in [3.05, 3.63) is 108 Å². The first kappa shape index (κ1) is 25.6. The smallest absolute Gasteiger partial charge is 0.222 e. The summed E-state index contributed by atoms with van der Waals surface area (Å²) in [5.74, 6) is 0.131. The maximum absolute atomic E-state index is 13.0. The number of rotatable bonds is 9. The van der Waals surface area contributed by atoms with E-state index < -0.39 is 0 Å². The average Bonchev–Trinajstić information content (AvgIpc) is 2.91. The van der Waals surface area contributed by atoms with Gasteiger partial charge in [-0.2, -0.15) is 0 Å². The van der Waals surface area contributed by atoms with Crippen LogP contribution in [0.1, 0.15) is 55.5 Å². The molecule has 1 heterocycles. The summed E-state index contributed by atoms with van der Waals surface area (Å²) in [5.41, 5.74) is 3.62. The monoisotopic (exact) mass is 483 g/mol. The highest BCUT2D eigenvalue weighted by Gasteiger charge is 2.28. The van der Waals surface area contributed by atoms with Gasteiger partial charge in [0.05, 0.1) is 12.1 Å². The fourth-order valence-electron chi connectivity index (χ4n) is 5.06. The van der Waals surface area contributed by atoms with E-state index in [-0.39, 0.29) is 29.8 Å². The van der Waals surface area contributed by atoms with Gasteiger partial charge in [0.1, 0.15) is 0 Å². The topological polar surface area (TPSA) is 52.7 Å². The number of nitrogens with zero attached hydrogens (tertiary/aromatic N) is 2. The van der Waals surface area contributed by atoms with Gasteiger partial charge in [0.2, 0.25) is 11.8 Å². The number of amides is 2. The summed E-state index contributed by atoms with van der Waals surface area (Å²) in [6.45, 7) is 7.04. The fraction of sp³-hybridized carbons (Fsp3) is 0.355. The largest absolute Gasteiger partial charge is 0.350 e. The van der Waals surface area contributed by atoms with Gasteiger partial charge in [0.15, 0.2) is 0 Å². The van der Waals surface area contributed by atoms with Crippen LogP contribution in [0.3, 0.4) is 0 Å². The van der Waals surface area contributed by atoms with Crippen molar-refractivity contribution in [1.82, 2.24) is 15.1 Å². The van der Waals surface area contributed by atoms with Crippen LogP contribution in [0.5, 0.6) is 0 Å². The van der Waals surface area contributed by atoms with Gasteiger partial charge in [-0.05, 0) is 29.5 Å². The molecule has 1 fully saturated rings. The molecule has 4 rings (SSSR count). The molecule has 3 aromatic carbocycles. The lowest BCUT2D eigenvalue weighted by molar-refractivity contribution is -0.134. The van der Waals surface area contributed by atoms with Crippen LogP contribution in [0.15, 0.2) is 91.0 Å². The fourth-order valence-corrected chi connectivity index (χ4v) is 5.06. The third kappa shape index (κ3) is 6.82. The maximum atomic E-state index is 13.0. The van der Waals surface area contributed by atoms with E-state index in [1.165, 1.54) is 11.1 Å². The molecular formula is C31H37N3O2. The van der Waals surface area contributed by atoms with Crippen LogP contribution >= 0.6 is 0 Å². The Labute approximate surface area is 215 Å². The lowest BCUT2D eigenvalue weighted by Crippen LogP contribution is -2.50. The Kier molecular flexibility index (Phi) is 8.90. The average molecular weight is 484 g/mol. The molecule has 0 bridgehead atoms. The van der Waals surface area contributed by atoms with E-state index >= 15 is 0 Å². The minimum absolute atomic E-state index is 0.000103. The molecule has 1 N–H and O–H groups in total. The summed E-state index contributed by atoms with van der Waals surface area (Å²) in [6.07, 6.45) is 0.751.